The number of hydrogen-bond acceptors (Lipinski definition) is 5. The van der Waals surface area contributed by atoms with E-state index < -0.39 is 11.6 Å². The largest absolute Gasteiger partial charge is 0.353 e. The topological polar surface area (TPSA) is 81.8 Å². The lowest BCUT2D eigenvalue weighted by molar-refractivity contribution is -0.136. The molecule has 0 radical (unpaired) electrons. The van der Waals surface area contributed by atoms with Gasteiger partial charge in [-0.3, -0.25) is 14.5 Å². The minimum Gasteiger partial charge on any atom is -0.353 e. The molecule has 0 bridgehead atoms. The van der Waals surface area contributed by atoms with Crippen LogP contribution in [0.25, 0.3) is 0 Å². The molecule has 2 heterocycles. The highest BCUT2D eigenvalue weighted by Crippen LogP contribution is 2.45. The normalized spacial score (nSPS) is 25.2. The van der Waals surface area contributed by atoms with Crippen molar-refractivity contribution < 1.29 is 14.4 Å². The highest BCUT2D eigenvalue weighted by Gasteiger charge is 2.53. The predicted octanol–water partition coefficient (Wildman–Crippen LogP) is 3.38. The number of imide groups is 1. The van der Waals surface area contributed by atoms with Crippen molar-refractivity contribution in [1.82, 2.24) is 20.4 Å². The van der Waals surface area contributed by atoms with E-state index in [1.807, 2.05) is 30.4 Å². The van der Waals surface area contributed by atoms with E-state index in [4.69, 9.17) is 0 Å². The van der Waals surface area contributed by atoms with Gasteiger partial charge in [0.05, 0.1) is 6.04 Å². The smallest absolute Gasteiger partial charge is 0.325 e. The van der Waals surface area contributed by atoms with Gasteiger partial charge in [-0.25, -0.2) is 4.79 Å². The first-order valence-corrected chi connectivity index (χ1v) is 12.1. The summed E-state index contributed by atoms with van der Waals surface area (Å²) in [6, 6.07) is 1.64. The standard InChI is InChI=1S/C23H36N4O3S/c1-6-22(2,3)17-7-10-23(11-8-17)20(29)27(21(30)25-23)14-19(28)24-13-18(26(4)5)16-9-12-31-15-16/h9,12,15,17-18H,6-8,10-11,13-14H2,1-5H3,(H,24,28)(H,25,30). The monoisotopic (exact) mass is 448 g/mol. The molecule has 1 aliphatic heterocycles. The molecule has 3 rings (SSSR count). The van der Waals surface area contributed by atoms with Gasteiger partial charge < -0.3 is 15.5 Å². The molecule has 1 aliphatic carbocycles. The average Bonchev–Trinajstić information content (AvgIpc) is 3.32. The van der Waals surface area contributed by atoms with Crippen molar-refractivity contribution in [2.45, 2.75) is 64.5 Å². The Labute approximate surface area is 189 Å². The Bertz CT molecular complexity index is 798. The molecule has 2 fully saturated rings. The molecule has 1 saturated heterocycles. The van der Waals surface area contributed by atoms with Crippen molar-refractivity contribution in [3.8, 4) is 0 Å². The van der Waals surface area contributed by atoms with Crippen LogP contribution in [0, 0.1) is 11.3 Å². The molecule has 4 amide bonds. The molecule has 2 aliphatic rings. The van der Waals surface area contributed by atoms with Crippen molar-refractivity contribution >= 4 is 29.2 Å². The fraction of sp³-hybridized carbons (Fsp3) is 0.696. The van der Waals surface area contributed by atoms with Crippen LogP contribution in [0.1, 0.15) is 64.5 Å². The van der Waals surface area contributed by atoms with E-state index in [2.05, 4.69) is 36.8 Å². The van der Waals surface area contributed by atoms with Crippen molar-refractivity contribution in [3.05, 3.63) is 22.4 Å². The van der Waals surface area contributed by atoms with Gasteiger partial charge in [-0.1, -0.05) is 27.2 Å². The molecule has 8 heteroatoms. The molecule has 1 aromatic heterocycles. The van der Waals surface area contributed by atoms with E-state index in [1.165, 1.54) is 0 Å². The first kappa shape index (κ1) is 23.7. The minimum atomic E-state index is -0.833. The number of carbonyl (C=O) groups is 3. The van der Waals surface area contributed by atoms with Crippen LogP contribution < -0.4 is 10.6 Å². The van der Waals surface area contributed by atoms with Crippen LogP contribution >= 0.6 is 11.3 Å². The van der Waals surface area contributed by atoms with Crippen molar-refractivity contribution in [3.63, 3.8) is 0 Å². The first-order chi connectivity index (χ1) is 14.6. The molecule has 0 aromatic carbocycles. The van der Waals surface area contributed by atoms with Gasteiger partial charge in [0.15, 0.2) is 0 Å². The molecule has 172 valence electrons. The van der Waals surface area contributed by atoms with E-state index in [0.717, 1.165) is 29.7 Å². The SMILES string of the molecule is CCC(C)(C)C1CCC2(CC1)NC(=O)N(CC(=O)NCC(c1ccsc1)N(C)C)C2=O. The first-order valence-electron chi connectivity index (χ1n) is 11.2. The zero-order valence-corrected chi connectivity index (χ0v) is 20.2. The number of thiophene rings is 1. The van der Waals surface area contributed by atoms with E-state index >= 15 is 0 Å². The second-order valence-corrected chi connectivity index (χ2v) is 10.6. The summed E-state index contributed by atoms with van der Waals surface area (Å²) in [6.45, 7) is 6.94. The average molecular weight is 449 g/mol. The summed E-state index contributed by atoms with van der Waals surface area (Å²) >= 11 is 1.62. The molecular formula is C23H36N4O3S. The third-order valence-electron chi connectivity index (χ3n) is 7.45. The van der Waals surface area contributed by atoms with Crippen LogP contribution in [0.2, 0.25) is 0 Å². The highest BCUT2D eigenvalue weighted by molar-refractivity contribution is 7.08. The molecule has 1 unspecified atom stereocenters. The number of carbonyl (C=O) groups excluding carboxylic acids is 3. The Balaban J connectivity index is 1.57. The van der Waals surface area contributed by atoms with Gasteiger partial charge in [0.2, 0.25) is 5.91 Å². The lowest BCUT2D eigenvalue weighted by Crippen LogP contribution is -2.51. The molecule has 1 spiro atoms. The fourth-order valence-electron chi connectivity index (χ4n) is 4.81. The van der Waals surface area contributed by atoms with E-state index in [0.29, 0.717) is 25.3 Å². The maximum Gasteiger partial charge on any atom is 0.325 e. The summed E-state index contributed by atoms with van der Waals surface area (Å²) in [6.07, 6.45) is 4.21. The summed E-state index contributed by atoms with van der Waals surface area (Å²) in [5, 5.41) is 9.89. The Hall–Kier alpha value is -1.93. The van der Waals surface area contributed by atoms with Gasteiger partial charge in [0, 0.05) is 6.54 Å². The van der Waals surface area contributed by atoms with E-state index in [1.54, 1.807) is 11.3 Å². The number of urea groups is 1. The van der Waals surface area contributed by atoms with Crippen LogP contribution in [0.3, 0.4) is 0 Å². The summed E-state index contributed by atoms with van der Waals surface area (Å²) in [5.41, 5.74) is 0.537. The van der Waals surface area contributed by atoms with Gasteiger partial charge in [-0.15, -0.1) is 0 Å². The zero-order valence-electron chi connectivity index (χ0n) is 19.4. The quantitative estimate of drug-likeness (QED) is 0.598. The van der Waals surface area contributed by atoms with Gasteiger partial charge in [-0.2, -0.15) is 11.3 Å². The van der Waals surface area contributed by atoms with Crippen LogP contribution in [0.4, 0.5) is 4.79 Å². The van der Waals surface area contributed by atoms with Gasteiger partial charge in [0.1, 0.15) is 12.1 Å². The number of hydrogen-bond donors (Lipinski definition) is 2. The number of likely N-dealkylation sites (N-methyl/N-ethyl adjacent to an activating group) is 1. The lowest BCUT2D eigenvalue weighted by atomic mass is 9.65. The third kappa shape index (κ3) is 4.95. The van der Waals surface area contributed by atoms with Gasteiger partial charge >= 0.3 is 6.03 Å². The Morgan fingerprint density at radius 3 is 2.58 bits per heavy atom. The number of nitrogens with one attached hydrogen (secondary N) is 2. The van der Waals surface area contributed by atoms with Crippen LogP contribution in [-0.4, -0.2) is 60.4 Å². The van der Waals surface area contributed by atoms with Crippen molar-refractivity contribution in [2.75, 3.05) is 27.2 Å². The maximum atomic E-state index is 13.1. The molecule has 1 aromatic rings. The summed E-state index contributed by atoms with van der Waals surface area (Å²) in [4.78, 5) is 41.4. The maximum absolute atomic E-state index is 13.1. The van der Waals surface area contributed by atoms with Crippen molar-refractivity contribution in [2.24, 2.45) is 11.3 Å². The van der Waals surface area contributed by atoms with E-state index in [9.17, 15) is 14.4 Å². The zero-order chi connectivity index (χ0) is 22.8. The molecule has 31 heavy (non-hydrogen) atoms. The lowest BCUT2D eigenvalue weighted by Gasteiger charge is -2.42. The molecule has 2 N–H and O–H groups in total. The fourth-order valence-corrected chi connectivity index (χ4v) is 5.52. The van der Waals surface area contributed by atoms with E-state index in [-0.39, 0.29) is 29.8 Å². The summed E-state index contributed by atoms with van der Waals surface area (Å²) in [5.74, 6) is -0.0175. The number of nitrogens with zero attached hydrogens (tertiary/aromatic N) is 2. The summed E-state index contributed by atoms with van der Waals surface area (Å²) in [7, 11) is 3.93. The number of amides is 4. The van der Waals surface area contributed by atoms with Crippen LogP contribution in [0.15, 0.2) is 16.8 Å². The number of rotatable bonds is 8. The molecular weight excluding hydrogens is 412 g/mol. The molecule has 1 saturated carbocycles. The highest BCUT2D eigenvalue weighted by atomic mass is 32.1. The Morgan fingerprint density at radius 1 is 1.35 bits per heavy atom. The molecule has 7 nitrogen and oxygen atoms in total. The predicted molar refractivity (Wildman–Crippen MR) is 123 cm³/mol. The second kappa shape index (κ2) is 9.28. The molecule has 1 atom stereocenters. The van der Waals surface area contributed by atoms with Gasteiger partial charge in [-0.05, 0) is 73.5 Å². The van der Waals surface area contributed by atoms with Gasteiger partial charge in [0.25, 0.3) is 5.91 Å². The van der Waals surface area contributed by atoms with Crippen LogP contribution in [0.5, 0.6) is 0 Å². The third-order valence-corrected chi connectivity index (χ3v) is 8.15. The Morgan fingerprint density at radius 2 is 2.03 bits per heavy atom. The second-order valence-electron chi connectivity index (χ2n) is 9.86. The summed E-state index contributed by atoms with van der Waals surface area (Å²) < 4.78 is 0. The minimum absolute atomic E-state index is 0.0434. The van der Waals surface area contributed by atoms with Crippen molar-refractivity contribution in [1.29, 1.82) is 0 Å². The Kier molecular flexibility index (Phi) is 7.11. The van der Waals surface area contributed by atoms with Crippen LogP contribution in [-0.2, 0) is 9.59 Å².